The molecule has 3 rings (SSSR count). The van der Waals surface area contributed by atoms with Crippen molar-refractivity contribution < 1.29 is 14.3 Å². The van der Waals surface area contributed by atoms with Crippen molar-refractivity contribution in [2.24, 2.45) is 10.7 Å². The zero-order valence-corrected chi connectivity index (χ0v) is 19.7. The molecular weight excluding hydrogens is 432 g/mol. The van der Waals surface area contributed by atoms with E-state index in [0.29, 0.717) is 34.5 Å². The Morgan fingerprint density at radius 3 is 2.84 bits per heavy atom. The van der Waals surface area contributed by atoms with Crippen LogP contribution in [0.25, 0.3) is 5.70 Å². The van der Waals surface area contributed by atoms with Gasteiger partial charge in [-0.05, 0) is 39.3 Å². The number of ether oxygens (including phenoxy) is 2. The van der Waals surface area contributed by atoms with Gasteiger partial charge in [-0.2, -0.15) is 0 Å². The van der Waals surface area contributed by atoms with Gasteiger partial charge in [-0.15, -0.1) is 0 Å². The number of nitrogens with two attached hydrogens (primary N) is 1. The largest absolute Gasteiger partial charge is 0.496 e. The lowest BCUT2D eigenvalue weighted by atomic mass is 9.95. The number of nitrogens with zero attached hydrogens (tertiary/aromatic N) is 3. The summed E-state index contributed by atoms with van der Waals surface area (Å²) < 4.78 is 11.5. The maximum atomic E-state index is 12.4. The first-order valence-electron chi connectivity index (χ1n) is 10.3. The van der Waals surface area contributed by atoms with Crippen LogP contribution in [0, 0.1) is 6.92 Å². The van der Waals surface area contributed by atoms with Crippen molar-refractivity contribution in [2.45, 2.75) is 45.9 Å². The van der Waals surface area contributed by atoms with Gasteiger partial charge in [-0.1, -0.05) is 18.2 Å². The Morgan fingerprint density at radius 2 is 2.25 bits per heavy atom. The fourth-order valence-corrected chi connectivity index (χ4v) is 4.06. The second-order valence-electron chi connectivity index (χ2n) is 7.86. The number of methoxy groups -OCH3 is 1. The molecule has 10 heteroatoms. The Balaban J connectivity index is 1.96. The highest BCUT2D eigenvalue weighted by Gasteiger charge is 2.37. The van der Waals surface area contributed by atoms with E-state index in [4.69, 9.17) is 26.8 Å². The molecule has 32 heavy (non-hydrogen) atoms. The van der Waals surface area contributed by atoms with Crippen LogP contribution in [0.15, 0.2) is 24.0 Å². The van der Waals surface area contributed by atoms with Crippen molar-refractivity contribution in [1.29, 1.82) is 0 Å². The van der Waals surface area contributed by atoms with Gasteiger partial charge >= 0.3 is 6.09 Å². The van der Waals surface area contributed by atoms with Crippen LogP contribution in [0.4, 0.5) is 10.6 Å². The van der Waals surface area contributed by atoms with E-state index < -0.39 is 6.10 Å². The van der Waals surface area contributed by atoms with Crippen LogP contribution in [-0.4, -0.2) is 47.0 Å². The third-order valence-electron chi connectivity index (χ3n) is 5.51. The van der Waals surface area contributed by atoms with E-state index in [-0.39, 0.29) is 18.2 Å². The molecule has 1 saturated heterocycles. The van der Waals surface area contributed by atoms with Gasteiger partial charge in [0.05, 0.1) is 38.1 Å². The van der Waals surface area contributed by atoms with Crippen LogP contribution >= 0.6 is 11.6 Å². The van der Waals surface area contributed by atoms with Crippen LogP contribution in [0.3, 0.4) is 0 Å². The summed E-state index contributed by atoms with van der Waals surface area (Å²) in [5, 5.41) is 3.88. The molecule has 172 valence electrons. The average Bonchev–Trinajstić information content (AvgIpc) is 3.36. The second kappa shape index (κ2) is 9.52. The molecular formula is C22H29ClN6O3. The van der Waals surface area contributed by atoms with Crippen LogP contribution < -0.4 is 15.8 Å². The van der Waals surface area contributed by atoms with Crippen LogP contribution in [0.2, 0.25) is 5.02 Å². The molecule has 9 nitrogen and oxygen atoms in total. The topological polar surface area (TPSA) is 118 Å². The number of carbonyl (C=O) groups is 1. The van der Waals surface area contributed by atoms with E-state index in [0.717, 1.165) is 16.7 Å². The average molecular weight is 461 g/mol. The third kappa shape index (κ3) is 4.38. The van der Waals surface area contributed by atoms with E-state index in [1.807, 2.05) is 33.8 Å². The molecule has 1 aromatic carbocycles. The first-order chi connectivity index (χ1) is 15.2. The molecule has 0 spiro atoms. The van der Waals surface area contributed by atoms with E-state index in [9.17, 15) is 4.79 Å². The molecule has 1 aliphatic heterocycles. The lowest BCUT2D eigenvalue weighted by Crippen LogP contribution is -2.31. The first kappa shape index (κ1) is 23.5. The van der Waals surface area contributed by atoms with E-state index >= 15 is 0 Å². The summed E-state index contributed by atoms with van der Waals surface area (Å²) in [4.78, 5) is 25.3. The van der Waals surface area contributed by atoms with E-state index in [1.165, 1.54) is 12.7 Å². The molecule has 0 saturated carbocycles. The first-order valence-corrected chi connectivity index (χ1v) is 10.6. The highest BCUT2D eigenvalue weighted by molar-refractivity contribution is 6.31. The number of aliphatic imine (C=N–C) groups is 1. The quantitative estimate of drug-likeness (QED) is 0.401. The molecule has 1 amide bonds. The van der Waals surface area contributed by atoms with Crippen molar-refractivity contribution in [3.63, 3.8) is 0 Å². The van der Waals surface area contributed by atoms with Gasteiger partial charge in [0.1, 0.15) is 11.4 Å². The van der Waals surface area contributed by atoms with Crippen LogP contribution in [0.5, 0.6) is 5.75 Å². The van der Waals surface area contributed by atoms with Gasteiger partial charge < -0.3 is 30.4 Å². The number of benzene rings is 1. The molecule has 2 atom stereocenters. The van der Waals surface area contributed by atoms with Gasteiger partial charge in [0.25, 0.3) is 0 Å². The molecule has 0 aliphatic carbocycles. The predicted octanol–water partition coefficient (Wildman–Crippen LogP) is 4.22. The van der Waals surface area contributed by atoms with Crippen molar-refractivity contribution in [3.05, 3.63) is 46.4 Å². The number of hydrogen-bond donors (Lipinski definition) is 3. The molecule has 1 aliphatic rings. The van der Waals surface area contributed by atoms with Crippen molar-refractivity contribution in [1.82, 2.24) is 20.2 Å². The Kier molecular flexibility index (Phi) is 6.98. The smallest absolute Gasteiger partial charge is 0.410 e. The number of hydrogen-bond acceptors (Lipinski definition) is 6. The molecule has 0 radical (unpaired) electrons. The van der Waals surface area contributed by atoms with Crippen molar-refractivity contribution >= 4 is 35.5 Å². The molecule has 2 unspecified atom stereocenters. The van der Waals surface area contributed by atoms with Gasteiger partial charge in [-0.25, -0.2) is 14.8 Å². The van der Waals surface area contributed by atoms with Crippen LogP contribution in [-0.2, 0) is 4.74 Å². The van der Waals surface area contributed by atoms with Gasteiger partial charge in [0.15, 0.2) is 11.9 Å². The molecule has 1 fully saturated rings. The number of carbonyl (C=O) groups excluding carboxylic acids is 1. The minimum Gasteiger partial charge on any atom is -0.496 e. The molecule has 1 aromatic heterocycles. The van der Waals surface area contributed by atoms with Crippen LogP contribution in [0.1, 0.15) is 55.3 Å². The predicted molar refractivity (Wildman–Crippen MR) is 125 cm³/mol. The molecule has 4 N–H and O–H groups in total. The third-order valence-corrected chi connectivity index (χ3v) is 5.90. The van der Waals surface area contributed by atoms with Gasteiger partial charge in [0, 0.05) is 22.2 Å². The summed E-state index contributed by atoms with van der Waals surface area (Å²) in [7, 11) is 1.59. The number of aromatic nitrogens is 2. The summed E-state index contributed by atoms with van der Waals surface area (Å²) in [6.07, 6.45) is 1.88. The maximum absolute atomic E-state index is 12.4. The number of amides is 1. The summed E-state index contributed by atoms with van der Waals surface area (Å²) >= 11 is 6.60. The van der Waals surface area contributed by atoms with Gasteiger partial charge in [0.2, 0.25) is 0 Å². The summed E-state index contributed by atoms with van der Waals surface area (Å²) in [6, 6.07) is 1.63. The fourth-order valence-electron chi connectivity index (χ4n) is 3.84. The summed E-state index contributed by atoms with van der Waals surface area (Å²) in [6.45, 7) is 12.3. The molecule has 2 aromatic rings. The van der Waals surface area contributed by atoms with E-state index in [2.05, 4.69) is 26.9 Å². The Hall–Kier alpha value is -3.20. The number of halogens is 1. The second-order valence-corrected chi connectivity index (χ2v) is 8.27. The van der Waals surface area contributed by atoms with E-state index in [1.54, 1.807) is 12.0 Å². The lowest BCUT2D eigenvalue weighted by Gasteiger charge is -2.25. The SMILES string of the molecule is C=C(NC(C)c1cc(Cl)c(C)c(C2CN(C(C)C)C(=O)O2)c1OC)c1nc[nH]c1/N=C\N. The number of cyclic esters (lactones) is 1. The number of imidazole rings is 1. The standard InChI is InChI=1S/C22H29ClN6O3/c1-11(2)29-8-17(32-22(29)30)18-12(3)16(23)7-15(20(18)31-6)13(4)28-14(5)19-21(25-9-24)27-10-26-19/h7,9-11,13,17,28H,5,8H2,1-4,6H3,(H2,24,25)(H,26,27). The summed E-state index contributed by atoms with van der Waals surface area (Å²) in [5.41, 5.74) is 8.89. The zero-order chi connectivity index (χ0) is 23.6. The Labute approximate surface area is 192 Å². The Bertz CT molecular complexity index is 1050. The van der Waals surface area contributed by atoms with Gasteiger partial charge in [-0.3, -0.25) is 0 Å². The minimum absolute atomic E-state index is 0.0283. The summed E-state index contributed by atoms with van der Waals surface area (Å²) in [5.74, 6) is 1.11. The van der Waals surface area contributed by atoms with Crippen molar-refractivity contribution in [2.75, 3.05) is 13.7 Å². The molecule has 2 heterocycles. The zero-order valence-electron chi connectivity index (χ0n) is 18.9. The number of rotatable bonds is 8. The minimum atomic E-state index is -0.482. The number of aromatic amines is 1. The number of nitrogens with one attached hydrogen (secondary N) is 2. The highest BCUT2D eigenvalue weighted by Crippen LogP contribution is 2.43. The lowest BCUT2D eigenvalue weighted by molar-refractivity contribution is 0.128. The highest BCUT2D eigenvalue weighted by atomic mass is 35.5. The Morgan fingerprint density at radius 1 is 1.53 bits per heavy atom. The maximum Gasteiger partial charge on any atom is 0.410 e. The molecule has 0 bridgehead atoms. The normalized spacial score (nSPS) is 17.2. The fraction of sp³-hybridized carbons (Fsp3) is 0.409. The number of H-pyrrole nitrogens is 1. The van der Waals surface area contributed by atoms with Crippen molar-refractivity contribution in [3.8, 4) is 5.75 Å². The monoisotopic (exact) mass is 460 g/mol.